The van der Waals surface area contributed by atoms with Gasteiger partial charge >= 0.3 is 5.97 Å². The molecule has 0 heterocycles. The molecule has 1 N–H and O–H groups in total. The van der Waals surface area contributed by atoms with Crippen LogP contribution < -0.4 is 5.32 Å². The summed E-state index contributed by atoms with van der Waals surface area (Å²) >= 11 is 0. The molecule has 1 rings (SSSR count). The number of rotatable bonds is 6. The minimum atomic E-state index is -0.0885. The van der Waals surface area contributed by atoms with Gasteiger partial charge in [0.2, 0.25) is 0 Å². The summed E-state index contributed by atoms with van der Waals surface area (Å²) in [6, 6.07) is 0. The number of esters is 1. The summed E-state index contributed by atoms with van der Waals surface area (Å²) in [6.07, 6.45) is 4.06. The monoisotopic (exact) mass is 227 g/mol. The number of carbonyl (C=O) groups excluding carboxylic acids is 1. The predicted octanol–water partition coefficient (Wildman–Crippen LogP) is 2.21. The van der Waals surface area contributed by atoms with E-state index in [1.165, 1.54) is 19.3 Å². The van der Waals surface area contributed by atoms with Crippen molar-refractivity contribution in [3.05, 3.63) is 0 Å². The second kappa shape index (κ2) is 6.89. The highest BCUT2D eigenvalue weighted by molar-refractivity contribution is 5.72. The third-order valence-electron chi connectivity index (χ3n) is 3.59. The lowest BCUT2D eigenvalue weighted by molar-refractivity contribution is -0.147. The molecule has 0 aromatic carbocycles. The first-order chi connectivity index (χ1) is 7.65. The number of hydrogen-bond acceptors (Lipinski definition) is 3. The van der Waals surface area contributed by atoms with Gasteiger partial charge in [0.15, 0.2) is 0 Å². The molecule has 0 bridgehead atoms. The van der Waals surface area contributed by atoms with Crippen LogP contribution in [0.5, 0.6) is 0 Å². The Hall–Kier alpha value is -0.570. The van der Waals surface area contributed by atoms with Crippen LogP contribution in [0.2, 0.25) is 0 Å². The average molecular weight is 227 g/mol. The zero-order valence-electron chi connectivity index (χ0n) is 10.8. The molecule has 3 atom stereocenters. The van der Waals surface area contributed by atoms with Crippen LogP contribution >= 0.6 is 0 Å². The minimum absolute atomic E-state index is 0.0309. The zero-order chi connectivity index (χ0) is 12.0. The van der Waals surface area contributed by atoms with Gasteiger partial charge in [0.05, 0.1) is 12.5 Å². The molecule has 0 aliphatic heterocycles. The summed E-state index contributed by atoms with van der Waals surface area (Å²) in [6.45, 7) is 8.35. The summed E-state index contributed by atoms with van der Waals surface area (Å²) in [5.41, 5.74) is 0. The molecule has 1 fully saturated rings. The molecule has 1 aliphatic rings. The molecule has 0 aromatic rings. The van der Waals surface area contributed by atoms with Gasteiger partial charge in [-0.05, 0) is 31.7 Å². The van der Waals surface area contributed by atoms with Crippen LogP contribution in [0.15, 0.2) is 0 Å². The Labute approximate surface area is 98.9 Å². The van der Waals surface area contributed by atoms with E-state index in [1.54, 1.807) is 0 Å². The van der Waals surface area contributed by atoms with Crippen LogP contribution in [0, 0.1) is 17.8 Å². The highest BCUT2D eigenvalue weighted by atomic mass is 16.5. The lowest BCUT2D eigenvalue weighted by Crippen LogP contribution is -2.32. The van der Waals surface area contributed by atoms with Gasteiger partial charge in [0.25, 0.3) is 0 Å². The Morgan fingerprint density at radius 1 is 1.50 bits per heavy atom. The van der Waals surface area contributed by atoms with Crippen molar-refractivity contribution in [1.82, 2.24) is 5.32 Å². The van der Waals surface area contributed by atoms with Gasteiger partial charge in [-0.25, -0.2) is 0 Å². The van der Waals surface area contributed by atoms with Crippen molar-refractivity contribution in [1.29, 1.82) is 0 Å². The number of nitrogens with one attached hydrogen (secondary N) is 1. The average Bonchev–Trinajstić information content (AvgIpc) is 2.65. The van der Waals surface area contributed by atoms with E-state index in [2.05, 4.69) is 12.2 Å². The van der Waals surface area contributed by atoms with Crippen molar-refractivity contribution < 1.29 is 9.53 Å². The van der Waals surface area contributed by atoms with Crippen LogP contribution in [0.3, 0.4) is 0 Å². The summed E-state index contributed by atoms with van der Waals surface area (Å²) in [5.74, 6) is 1.52. The molecule has 1 saturated carbocycles. The molecule has 16 heavy (non-hydrogen) atoms. The fourth-order valence-corrected chi connectivity index (χ4v) is 2.38. The second-order valence-electron chi connectivity index (χ2n) is 4.98. The molecule has 0 aromatic heterocycles. The molecule has 0 saturated heterocycles. The normalized spacial score (nSPS) is 26.7. The SMILES string of the molecule is CCOC(=O)C(C)CNCC1CCCC1C. The lowest BCUT2D eigenvalue weighted by Gasteiger charge is -2.17. The van der Waals surface area contributed by atoms with E-state index >= 15 is 0 Å². The number of carbonyl (C=O) groups is 1. The molecular weight excluding hydrogens is 202 g/mol. The first-order valence-electron chi connectivity index (χ1n) is 6.52. The Balaban J connectivity index is 2.12. The molecule has 3 nitrogen and oxygen atoms in total. The maximum atomic E-state index is 11.4. The van der Waals surface area contributed by atoms with E-state index in [4.69, 9.17) is 4.74 Å². The highest BCUT2D eigenvalue weighted by Gasteiger charge is 2.23. The molecule has 0 radical (unpaired) electrons. The molecule has 1 aliphatic carbocycles. The van der Waals surface area contributed by atoms with Crippen LogP contribution in [0.4, 0.5) is 0 Å². The van der Waals surface area contributed by atoms with Gasteiger partial charge in [0, 0.05) is 6.54 Å². The Kier molecular flexibility index (Phi) is 5.81. The standard InChI is InChI=1S/C13H25NO2/c1-4-16-13(15)11(3)8-14-9-12-7-5-6-10(12)2/h10-12,14H,4-9H2,1-3H3. The van der Waals surface area contributed by atoms with Gasteiger partial charge in [0.1, 0.15) is 0 Å². The van der Waals surface area contributed by atoms with Crippen LogP contribution in [0.25, 0.3) is 0 Å². The summed E-state index contributed by atoms with van der Waals surface area (Å²) in [5, 5.41) is 3.40. The van der Waals surface area contributed by atoms with Crippen molar-refractivity contribution in [2.24, 2.45) is 17.8 Å². The first-order valence-corrected chi connectivity index (χ1v) is 6.52. The molecule has 0 spiro atoms. The third-order valence-corrected chi connectivity index (χ3v) is 3.59. The largest absolute Gasteiger partial charge is 0.466 e. The molecular formula is C13H25NO2. The number of hydrogen-bond donors (Lipinski definition) is 1. The van der Waals surface area contributed by atoms with E-state index < -0.39 is 0 Å². The molecule has 3 unspecified atom stereocenters. The number of ether oxygens (including phenoxy) is 1. The van der Waals surface area contributed by atoms with E-state index in [0.717, 1.165) is 24.9 Å². The van der Waals surface area contributed by atoms with Crippen LogP contribution in [0.1, 0.15) is 40.0 Å². The van der Waals surface area contributed by atoms with Crippen LogP contribution in [-0.2, 0) is 9.53 Å². The quantitative estimate of drug-likeness (QED) is 0.707. The van der Waals surface area contributed by atoms with Gasteiger partial charge in [-0.15, -0.1) is 0 Å². The predicted molar refractivity (Wildman–Crippen MR) is 65.2 cm³/mol. The first kappa shape index (κ1) is 13.5. The Morgan fingerprint density at radius 3 is 2.81 bits per heavy atom. The zero-order valence-corrected chi connectivity index (χ0v) is 10.8. The summed E-state index contributed by atoms with van der Waals surface area (Å²) in [7, 11) is 0. The molecule has 94 valence electrons. The minimum Gasteiger partial charge on any atom is -0.466 e. The van der Waals surface area contributed by atoms with Crippen LogP contribution in [-0.4, -0.2) is 25.7 Å². The Bertz CT molecular complexity index is 218. The van der Waals surface area contributed by atoms with E-state index in [0.29, 0.717) is 6.61 Å². The van der Waals surface area contributed by atoms with Crippen molar-refractivity contribution in [3.8, 4) is 0 Å². The smallest absolute Gasteiger partial charge is 0.309 e. The van der Waals surface area contributed by atoms with Gasteiger partial charge in [-0.2, -0.15) is 0 Å². The van der Waals surface area contributed by atoms with Crippen molar-refractivity contribution in [3.63, 3.8) is 0 Å². The van der Waals surface area contributed by atoms with Crippen molar-refractivity contribution in [2.75, 3.05) is 19.7 Å². The van der Waals surface area contributed by atoms with Crippen molar-refractivity contribution in [2.45, 2.75) is 40.0 Å². The third kappa shape index (κ3) is 4.12. The maximum absolute atomic E-state index is 11.4. The van der Waals surface area contributed by atoms with Crippen molar-refractivity contribution >= 4 is 5.97 Å². The summed E-state index contributed by atoms with van der Waals surface area (Å²) in [4.78, 5) is 11.4. The fourth-order valence-electron chi connectivity index (χ4n) is 2.38. The fraction of sp³-hybridized carbons (Fsp3) is 0.923. The highest BCUT2D eigenvalue weighted by Crippen LogP contribution is 2.30. The lowest BCUT2D eigenvalue weighted by atomic mass is 9.98. The van der Waals surface area contributed by atoms with Gasteiger partial charge in [-0.1, -0.05) is 26.7 Å². The Morgan fingerprint density at radius 2 is 2.25 bits per heavy atom. The van der Waals surface area contributed by atoms with E-state index in [-0.39, 0.29) is 11.9 Å². The summed E-state index contributed by atoms with van der Waals surface area (Å²) < 4.78 is 4.97. The van der Waals surface area contributed by atoms with E-state index in [9.17, 15) is 4.79 Å². The van der Waals surface area contributed by atoms with E-state index in [1.807, 2.05) is 13.8 Å². The molecule has 0 amide bonds. The molecule has 3 heteroatoms. The van der Waals surface area contributed by atoms with Gasteiger partial charge in [-0.3, -0.25) is 4.79 Å². The maximum Gasteiger partial charge on any atom is 0.309 e. The van der Waals surface area contributed by atoms with Gasteiger partial charge < -0.3 is 10.1 Å². The topological polar surface area (TPSA) is 38.3 Å². The second-order valence-corrected chi connectivity index (χ2v) is 4.98.